The molecule has 2 N–H and O–H groups in total. The number of thioether (sulfide) groups is 1. The van der Waals surface area contributed by atoms with Crippen molar-refractivity contribution in [3.8, 4) is 0 Å². The highest BCUT2D eigenvalue weighted by Gasteiger charge is 2.26. The fraction of sp³-hybridized carbons (Fsp3) is 0.588. The number of ether oxygens (including phenoxy) is 1. The van der Waals surface area contributed by atoms with Crippen LogP contribution < -0.4 is 5.73 Å². The quantitative estimate of drug-likeness (QED) is 0.837. The number of nitrogens with two attached hydrogens (primary N) is 1. The Labute approximate surface area is 147 Å². The minimum absolute atomic E-state index is 0.0232. The van der Waals surface area contributed by atoms with Crippen molar-refractivity contribution in [1.82, 2.24) is 9.88 Å². The molecular weight excluding hydrogens is 326 g/mol. The molecule has 2 atom stereocenters. The highest BCUT2D eigenvalue weighted by Crippen LogP contribution is 2.27. The minimum Gasteiger partial charge on any atom is -0.372 e. The predicted octanol–water partition coefficient (Wildman–Crippen LogP) is 1.83. The van der Waals surface area contributed by atoms with Crippen LogP contribution in [0.5, 0.6) is 0 Å². The molecule has 2 rings (SSSR count). The number of pyridine rings is 1. The first-order valence-corrected chi connectivity index (χ1v) is 9.02. The summed E-state index contributed by atoms with van der Waals surface area (Å²) in [7, 11) is 0. The fourth-order valence-corrected chi connectivity index (χ4v) is 3.95. The number of carbonyl (C=O) groups is 2. The van der Waals surface area contributed by atoms with Crippen molar-refractivity contribution >= 4 is 23.6 Å². The lowest BCUT2D eigenvalue weighted by Gasteiger charge is -2.35. The standard InChI is InChI=1S/C17H25N3O3S/c1-9-6-20(7-10(2)23-9)14(21)8-24-17-15(16(18)22)12(4)11(3)13(5)19-17/h9-10H,6-8H2,1-5H3,(H2,18,22)/t9-,10+. The number of amides is 2. The molecular formula is C17H25N3O3S. The number of nitrogens with zero attached hydrogens (tertiary/aromatic N) is 2. The van der Waals surface area contributed by atoms with E-state index >= 15 is 0 Å². The highest BCUT2D eigenvalue weighted by atomic mass is 32.2. The first-order valence-electron chi connectivity index (χ1n) is 8.04. The van der Waals surface area contributed by atoms with Gasteiger partial charge in [0, 0.05) is 18.8 Å². The summed E-state index contributed by atoms with van der Waals surface area (Å²) in [6, 6.07) is 0. The summed E-state index contributed by atoms with van der Waals surface area (Å²) in [6.45, 7) is 10.8. The third-order valence-corrected chi connectivity index (χ3v) is 5.27. The molecule has 1 fully saturated rings. The van der Waals surface area contributed by atoms with E-state index in [1.165, 1.54) is 11.8 Å². The number of morpholine rings is 1. The number of aryl methyl sites for hydroxylation is 1. The second kappa shape index (κ2) is 7.53. The maximum Gasteiger partial charge on any atom is 0.251 e. The van der Waals surface area contributed by atoms with E-state index in [0.717, 1.165) is 16.8 Å². The van der Waals surface area contributed by atoms with Crippen molar-refractivity contribution in [3.05, 3.63) is 22.4 Å². The van der Waals surface area contributed by atoms with Crippen LogP contribution in [0.15, 0.2) is 5.03 Å². The average molecular weight is 351 g/mol. The molecule has 2 amide bonds. The van der Waals surface area contributed by atoms with Gasteiger partial charge >= 0.3 is 0 Å². The molecule has 0 spiro atoms. The Bertz CT molecular complexity index is 653. The zero-order valence-corrected chi connectivity index (χ0v) is 15.7. The van der Waals surface area contributed by atoms with Crippen LogP contribution in [0.3, 0.4) is 0 Å². The predicted molar refractivity (Wildman–Crippen MR) is 94.3 cm³/mol. The summed E-state index contributed by atoms with van der Waals surface area (Å²) in [5, 5.41) is 0.533. The van der Waals surface area contributed by atoms with Crippen LogP contribution in [0, 0.1) is 20.8 Å². The molecule has 6 nitrogen and oxygen atoms in total. The van der Waals surface area contributed by atoms with Gasteiger partial charge in [0.15, 0.2) is 0 Å². The van der Waals surface area contributed by atoms with Crippen molar-refractivity contribution in [3.63, 3.8) is 0 Å². The molecule has 0 aromatic carbocycles. The van der Waals surface area contributed by atoms with E-state index in [9.17, 15) is 9.59 Å². The van der Waals surface area contributed by atoms with Crippen LogP contribution in [0.25, 0.3) is 0 Å². The van der Waals surface area contributed by atoms with Crippen LogP contribution in [0.1, 0.15) is 41.0 Å². The van der Waals surface area contributed by atoms with E-state index in [2.05, 4.69) is 4.98 Å². The molecule has 24 heavy (non-hydrogen) atoms. The number of carbonyl (C=O) groups excluding carboxylic acids is 2. The monoisotopic (exact) mass is 351 g/mol. The summed E-state index contributed by atoms with van der Waals surface area (Å²) in [6.07, 6.45) is 0.0664. The zero-order valence-electron chi connectivity index (χ0n) is 14.9. The lowest BCUT2D eigenvalue weighted by Crippen LogP contribution is -2.48. The minimum atomic E-state index is -0.508. The summed E-state index contributed by atoms with van der Waals surface area (Å²) in [5.74, 6) is -0.254. The SMILES string of the molecule is Cc1nc(SCC(=O)N2C[C@@H](C)O[C@@H](C)C2)c(C(N)=O)c(C)c1C. The van der Waals surface area contributed by atoms with Crippen molar-refractivity contribution in [2.75, 3.05) is 18.8 Å². The van der Waals surface area contributed by atoms with E-state index in [4.69, 9.17) is 10.5 Å². The van der Waals surface area contributed by atoms with Crippen LogP contribution in [0.4, 0.5) is 0 Å². The largest absolute Gasteiger partial charge is 0.372 e. The molecule has 132 valence electrons. The van der Waals surface area contributed by atoms with Gasteiger partial charge in [0.25, 0.3) is 5.91 Å². The normalized spacial score (nSPS) is 21.0. The van der Waals surface area contributed by atoms with Crippen molar-refractivity contribution in [2.45, 2.75) is 51.9 Å². The Hall–Kier alpha value is -1.60. The van der Waals surface area contributed by atoms with Gasteiger partial charge in [-0.1, -0.05) is 11.8 Å². The molecule has 0 aliphatic carbocycles. The van der Waals surface area contributed by atoms with Crippen LogP contribution in [0.2, 0.25) is 0 Å². The Kier molecular flexibility index (Phi) is 5.87. The third kappa shape index (κ3) is 4.08. The summed E-state index contributed by atoms with van der Waals surface area (Å²) < 4.78 is 5.65. The molecule has 1 saturated heterocycles. The summed E-state index contributed by atoms with van der Waals surface area (Å²) >= 11 is 1.27. The second-order valence-electron chi connectivity index (χ2n) is 6.34. The van der Waals surface area contributed by atoms with Gasteiger partial charge in [0.05, 0.1) is 23.5 Å². The highest BCUT2D eigenvalue weighted by molar-refractivity contribution is 8.00. The van der Waals surface area contributed by atoms with Crippen LogP contribution in [-0.4, -0.2) is 52.7 Å². The number of hydrogen-bond donors (Lipinski definition) is 1. The lowest BCUT2D eigenvalue weighted by atomic mass is 10.0. The Morgan fingerprint density at radius 1 is 1.21 bits per heavy atom. The van der Waals surface area contributed by atoms with Gasteiger partial charge in [-0.2, -0.15) is 0 Å². The Morgan fingerprint density at radius 2 is 1.79 bits per heavy atom. The second-order valence-corrected chi connectivity index (χ2v) is 7.30. The molecule has 7 heteroatoms. The fourth-order valence-electron chi connectivity index (χ4n) is 2.91. The van der Waals surface area contributed by atoms with Gasteiger partial charge in [-0.15, -0.1) is 0 Å². The van der Waals surface area contributed by atoms with Gasteiger partial charge in [0.2, 0.25) is 5.91 Å². The van der Waals surface area contributed by atoms with Crippen molar-refractivity contribution in [1.29, 1.82) is 0 Å². The van der Waals surface area contributed by atoms with Crippen molar-refractivity contribution < 1.29 is 14.3 Å². The Balaban J connectivity index is 2.14. The molecule has 1 aliphatic rings. The van der Waals surface area contributed by atoms with E-state index in [-0.39, 0.29) is 23.9 Å². The van der Waals surface area contributed by atoms with E-state index in [1.807, 2.05) is 39.5 Å². The van der Waals surface area contributed by atoms with Gasteiger partial charge in [-0.3, -0.25) is 9.59 Å². The molecule has 2 heterocycles. The molecule has 0 radical (unpaired) electrons. The number of hydrogen-bond acceptors (Lipinski definition) is 5. The maximum atomic E-state index is 12.5. The van der Waals surface area contributed by atoms with Gasteiger partial charge in [-0.05, 0) is 45.7 Å². The first kappa shape index (κ1) is 18.7. The first-order chi connectivity index (χ1) is 11.2. The van der Waals surface area contributed by atoms with E-state index in [0.29, 0.717) is 23.7 Å². The number of aromatic nitrogens is 1. The zero-order chi connectivity index (χ0) is 18.0. The summed E-state index contributed by atoms with van der Waals surface area (Å²) in [4.78, 5) is 30.6. The third-order valence-electron chi connectivity index (χ3n) is 4.31. The van der Waals surface area contributed by atoms with Gasteiger partial charge in [0.1, 0.15) is 5.03 Å². The Morgan fingerprint density at radius 3 is 2.33 bits per heavy atom. The maximum absolute atomic E-state index is 12.5. The van der Waals surface area contributed by atoms with Crippen molar-refractivity contribution in [2.24, 2.45) is 5.73 Å². The van der Waals surface area contributed by atoms with E-state index in [1.54, 1.807) is 0 Å². The number of rotatable bonds is 4. The summed E-state index contributed by atoms with van der Waals surface area (Å²) in [5.41, 5.74) is 8.57. The molecule has 0 bridgehead atoms. The molecule has 0 saturated carbocycles. The molecule has 1 aliphatic heterocycles. The molecule has 0 unspecified atom stereocenters. The van der Waals surface area contributed by atoms with Gasteiger partial charge in [-0.25, -0.2) is 4.98 Å². The lowest BCUT2D eigenvalue weighted by molar-refractivity contribution is -0.140. The molecule has 1 aromatic heterocycles. The van der Waals surface area contributed by atoms with Crippen LogP contribution in [-0.2, 0) is 9.53 Å². The van der Waals surface area contributed by atoms with Gasteiger partial charge < -0.3 is 15.4 Å². The van der Waals surface area contributed by atoms with Crippen LogP contribution >= 0.6 is 11.8 Å². The van der Waals surface area contributed by atoms with E-state index < -0.39 is 5.91 Å². The molecule has 1 aromatic rings. The topological polar surface area (TPSA) is 85.5 Å². The number of primary amides is 1. The average Bonchev–Trinajstić information content (AvgIpc) is 2.48. The smallest absolute Gasteiger partial charge is 0.251 e.